The maximum atomic E-state index is 12.7. The molecule has 2 aromatic carbocycles. The Hall–Kier alpha value is -3.03. The molecule has 5 nitrogen and oxygen atoms in total. The summed E-state index contributed by atoms with van der Waals surface area (Å²) in [5, 5.41) is 2.68. The first-order valence-electron chi connectivity index (χ1n) is 9.17. The Morgan fingerprint density at radius 3 is 2.10 bits per heavy atom. The number of benzene rings is 2. The van der Waals surface area contributed by atoms with E-state index >= 15 is 0 Å². The summed E-state index contributed by atoms with van der Waals surface area (Å²) in [7, 11) is 2.75. The van der Waals surface area contributed by atoms with Gasteiger partial charge in [-0.1, -0.05) is 18.2 Å². The number of amides is 1. The van der Waals surface area contributed by atoms with Gasteiger partial charge in [0.05, 0.1) is 30.8 Å². The molecule has 0 saturated heterocycles. The zero-order valence-corrected chi connectivity index (χ0v) is 17.2. The number of rotatable bonds is 7. The molecule has 0 radical (unpaired) electrons. The number of alkyl halides is 3. The Balaban J connectivity index is 2.15. The fourth-order valence-electron chi connectivity index (χ4n) is 2.99. The molecule has 1 N–H and O–H groups in total. The molecule has 30 heavy (non-hydrogen) atoms. The van der Waals surface area contributed by atoms with Crippen LogP contribution in [0.15, 0.2) is 42.5 Å². The van der Waals surface area contributed by atoms with Gasteiger partial charge in [-0.3, -0.25) is 9.59 Å². The highest BCUT2D eigenvalue weighted by atomic mass is 19.4. The van der Waals surface area contributed by atoms with E-state index < -0.39 is 23.1 Å². The Morgan fingerprint density at radius 2 is 1.57 bits per heavy atom. The molecule has 0 saturated carbocycles. The fourth-order valence-corrected chi connectivity index (χ4v) is 2.99. The van der Waals surface area contributed by atoms with Crippen LogP contribution in [0, 0.1) is 5.41 Å². The number of methoxy groups -OCH3 is 2. The van der Waals surface area contributed by atoms with E-state index in [1.807, 2.05) is 0 Å². The van der Waals surface area contributed by atoms with Crippen LogP contribution in [0.3, 0.4) is 0 Å². The van der Waals surface area contributed by atoms with Crippen LogP contribution in [0.4, 0.5) is 13.2 Å². The van der Waals surface area contributed by atoms with Gasteiger partial charge in [-0.05, 0) is 55.7 Å². The van der Waals surface area contributed by atoms with Crippen molar-refractivity contribution in [3.05, 3.63) is 64.7 Å². The smallest absolute Gasteiger partial charge is 0.416 e. The number of esters is 1. The highest BCUT2D eigenvalue weighted by Crippen LogP contribution is 2.29. The normalized spacial score (nSPS) is 11.7. The van der Waals surface area contributed by atoms with Crippen molar-refractivity contribution < 1.29 is 32.2 Å². The lowest BCUT2D eigenvalue weighted by Gasteiger charge is -2.22. The molecular formula is C22H24F3NO4. The minimum atomic E-state index is -4.41. The van der Waals surface area contributed by atoms with Crippen LogP contribution in [0.5, 0.6) is 5.75 Å². The Morgan fingerprint density at radius 1 is 0.967 bits per heavy atom. The molecule has 0 bridgehead atoms. The number of nitrogens with one attached hydrogen (secondary N) is 1. The maximum Gasteiger partial charge on any atom is 0.416 e. The minimum Gasteiger partial charge on any atom is -0.496 e. The van der Waals surface area contributed by atoms with Crippen molar-refractivity contribution in [1.82, 2.24) is 5.32 Å². The zero-order chi connectivity index (χ0) is 22.5. The fraction of sp³-hybridized carbons (Fsp3) is 0.364. The second-order valence-electron chi connectivity index (χ2n) is 7.46. The summed E-state index contributed by atoms with van der Waals surface area (Å²) in [5.41, 5.74) is 0.00374. The average Bonchev–Trinajstić information content (AvgIpc) is 2.70. The standard InChI is InChI=1S/C22H24F3NO4/c1-21(2,20(28)30-4)12-15-7-10-18(29-3)17(11-15)19(27)26-13-14-5-8-16(9-6-14)22(23,24)25/h5-11H,12-13H2,1-4H3,(H,26,27). The molecule has 0 aliphatic heterocycles. The molecular weight excluding hydrogens is 399 g/mol. The van der Waals surface area contributed by atoms with Crippen molar-refractivity contribution in [3.8, 4) is 5.75 Å². The van der Waals surface area contributed by atoms with E-state index in [-0.39, 0.29) is 18.1 Å². The van der Waals surface area contributed by atoms with Gasteiger partial charge >= 0.3 is 12.1 Å². The second kappa shape index (κ2) is 9.19. The molecule has 2 rings (SSSR count). The maximum absolute atomic E-state index is 12.7. The molecule has 0 aliphatic rings. The summed E-state index contributed by atoms with van der Waals surface area (Å²) in [4.78, 5) is 24.6. The molecule has 0 fully saturated rings. The first-order valence-corrected chi connectivity index (χ1v) is 9.17. The van der Waals surface area contributed by atoms with E-state index in [1.165, 1.54) is 26.4 Å². The average molecular weight is 423 g/mol. The van der Waals surface area contributed by atoms with Crippen LogP contribution in [0.1, 0.15) is 40.9 Å². The van der Waals surface area contributed by atoms with E-state index in [1.54, 1.807) is 32.0 Å². The van der Waals surface area contributed by atoms with Gasteiger partial charge < -0.3 is 14.8 Å². The van der Waals surface area contributed by atoms with E-state index in [2.05, 4.69) is 5.32 Å². The van der Waals surface area contributed by atoms with Gasteiger partial charge in [-0.15, -0.1) is 0 Å². The Bertz CT molecular complexity index is 906. The lowest BCUT2D eigenvalue weighted by molar-refractivity contribution is -0.150. The third-order valence-corrected chi connectivity index (χ3v) is 4.63. The Labute approximate surface area is 173 Å². The number of ether oxygens (including phenoxy) is 2. The van der Waals surface area contributed by atoms with Gasteiger partial charge in [0.15, 0.2) is 0 Å². The molecule has 0 heterocycles. The highest BCUT2D eigenvalue weighted by Gasteiger charge is 2.30. The molecule has 1 amide bonds. The number of carbonyl (C=O) groups excluding carboxylic acids is 2. The highest BCUT2D eigenvalue weighted by molar-refractivity contribution is 5.97. The van der Waals surface area contributed by atoms with Crippen LogP contribution >= 0.6 is 0 Å². The monoisotopic (exact) mass is 423 g/mol. The van der Waals surface area contributed by atoms with Crippen molar-refractivity contribution in [2.24, 2.45) is 5.41 Å². The second-order valence-corrected chi connectivity index (χ2v) is 7.46. The quantitative estimate of drug-likeness (QED) is 0.671. The van der Waals surface area contributed by atoms with Gasteiger partial charge in [0.1, 0.15) is 5.75 Å². The molecule has 162 valence electrons. The Kier molecular flexibility index (Phi) is 7.12. The molecule has 2 aromatic rings. The summed E-state index contributed by atoms with van der Waals surface area (Å²) in [6.45, 7) is 3.54. The molecule has 8 heteroatoms. The van der Waals surface area contributed by atoms with E-state index in [0.717, 1.165) is 17.7 Å². The predicted molar refractivity (Wildman–Crippen MR) is 105 cm³/mol. The van der Waals surface area contributed by atoms with Crippen LogP contribution in [-0.4, -0.2) is 26.1 Å². The molecule has 0 aliphatic carbocycles. The van der Waals surface area contributed by atoms with Gasteiger partial charge in [-0.2, -0.15) is 13.2 Å². The number of hydrogen-bond acceptors (Lipinski definition) is 4. The van der Waals surface area contributed by atoms with Crippen LogP contribution in [0.2, 0.25) is 0 Å². The lowest BCUT2D eigenvalue weighted by Crippen LogP contribution is -2.28. The van der Waals surface area contributed by atoms with Crippen molar-refractivity contribution in [2.45, 2.75) is 33.0 Å². The minimum absolute atomic E-state index is 0.0536. The van der Waals surface area contributed by atoms with E-state index in [4.69, 9.17) is 9.47 Å². The van der Waals surface area contributed by atoms with Gasteiger partial charge in [0.2, 0.25) is 0 Å². The predicted octanol–water partition coefficient (Wildman–Crippen LogP) is 4.39. The first kappa shape index (κ1) is 23.3. The van der Waals surface area contributed by atoms with Crippen molar-refractivity contribution in [3.63, 3.8) is 0 Å². The van der Waals surface area contributed by atoms with Crippen molar-refractivity contribution in [1.29, 1.82) is 0 Å². The van der Waals surface area contributed by atoms with Crippen molar-refractivity contribution >= 4 is 11.9 Å². The third kappa shape index (κ3) is 5.75. The molecule has 0 unspecified atom stereocenters. The third-order valence-electron chi connectivity index (χ3n) is 4.63. The summed E-state index contributed by atoms with van der Waals surface area (Å²) in [5.74, 6) is -0.462. The number of halogens is 3. The number of carbonyl (C=O) groups is 2. The summed E-state index contributed by atoms with van der Waals surface area (Å²) in [6.07, 6.45) is -4.06. The van der Waals surface area contributed by atoms with Crippen LogP contribution < -0.4 is 10.1 Å². The molecule has 0 atom stereocenters. The lowest BCUT2D eigenvalue weighted by atomic mass is 9.85. The van der Waals surface area contributed by atoms with Gasteiger partial charge in [-0.25, -0.2) is 0 Å². The summed E-state index contributed by atoms with van der Waals surface area (Å²) >= 11 is 0. The molecule has 0 aromatic heterocycles. The molecule has 0 spiro atoms. The SMILES string of the molecule is COC(=O)C(C)(C)Cc1ccc(OC)c(C(=O)NCc2ccc(C(F)(F)F)cc2)c1. The number of hydrogen-bond donors (Lipinski definition) is 1. The topological polar surface area (TPSA) is 64.6 Å². The summed E-state index contributed by atoms with van der Waals surface area (Å²) < 4.78 is 48.0. The van der Waals surface area contributed by atoms with Crippen LogP contribution in [0.25, 0.3) is 0 Å². The van der Waals surface area contributed by atoms with E-state index in [0.29, 0.717) is 17.7 Å². The first-order chi connectivity index (χ1) is 14.0. The van der Waals surface area contributed by atoms with Gasteiger partial charge in [0, 0.05) is 6.54 Å². The largest absolute Gasteiger partial charge is 0.496 e. The van der Waals surface area contributed by atoms with Gasteiger partial charge in [0.25, 0.3) is 5.91 Å². The zero-order valence-electron chi connectivity index (χ0n) is 17.2. The summed E-state index contributed by atoms with van der Waals surface area (Å²) in [6, 6.07) is 9.60. The van der Waals surface area contributed by atoms with E-state index in [9.17, 15) is 22.8 Å². The van der Waals surface area contributed by atoms with Crippen molar-refractivity contribution in [2.75, 3.05) is 14.2 Å². The van der Waals surface area contributed by atoms with Crippen LogP contribution in [-0.2, 0) is 28.7 Å².